The minimum atomic E-state index is -0.442. The van der Waals surface area contributed by atoms with Gasteiger partial charge in [0, 0.05) is 6.54 Å². The van der Waals surface area contributed by atoms with Crippen LogP contribution in [0.4, 0.5) is 4.39 Å². The quantitative estimate of drug-likeness (QED) is 0.796. The van der Waals surface area contributed by atoms with Gasteiger partial charge in [-0.3, -0.25) is 9.59 Å². The van der Waals surface area contributed by atoms with Gasteiger partial charge in [-0.2, -0.15) is 11.3 Å². The molecular weight excluding hydrogens is 305 g/mol. The first kappa shape index (κ1) is 16.2. The van der Waals surface area contributed by atoms with E-state index >= 15 is 0 Å². The Kier molecular flexibility index (Phi) is 6.09. The Morgan fingerprint density at radius 1 is 1.23 bits per heavy atom. The zero-order chi connectivity index (χ0) is 15.8. The highest BCUT2D eigenvalue weighted by Gasteiger charge is 2.09. The molecule has 116 valence electrons. The number of carbonyl (C=O) groups excluding carboxylic acids is 2. The van der Waals surface area contributed by atoms with Crippen molar-refractivity contribution in [2.45, 2.75) is 12.8 Å². The van der Waals surface area contributed by atoms with Gasteiger partial charge < -0.3 is 10.1 Å². The predicted octanol–water partition coefficient (Wildman–Crippen LogP) is 2.33. The maximum Gasteiger partial charge on any atom is 0.310 e. The summed E-state index contributed by atoms with van der Waals surface area (Å²) in [6.45, 7) is -0.0257. The van der Waals surface area contributed by atoms with Gasteiger partial charge in [0.15, 0.2) is 6.61 Å². The molecule has 2 rings (SSSR count). The molecule has 0 aliphatic rings. The van der Waals surface area contributed by atoms with Gasteiger partial charge >= 0.3 is 5.97 Å². The highest BCUT2D eigenvalue weighted by Crippen LogP contribution is 2.07. The summed E-state index contributed by atoms with van der Waals surface area (Å²) >= 11 is 1.50. The molecule has 4 nitrogen and oxygen atoms in total. The lowest BCUT2D eigenvalue weighted by molar-refractivity contribution is -0.147. The number of amides is 1. The number of benzene rings is 1. The second-order valence-electron chi connectivity index (χ2n) is 4.66. The van der Waals surface area contributed by atoms with Gasteiger partial charge in [0.2, 0.25) is 0 Å². The van der Waals surface area contributed by atoms with Gasteiger partial charge in [-0.05, 0) is 40.4 Å². The van der Waals surface area contributed by atoms with Gasteiger partial charge in [0.1, 0.15) is 5.82 Å². The SMILES string of the molecule is O=C(COC(=O)Cc1ccsc1)NCCc1ccccc1F. The Hall–Kier alpha value is -2.21. The zero-order valence-electron chi connectivity index (χ0n) is 11.9. The van der Waals surface area contributed by atoms with Crippen LogP contribution in [0.25, 0.3) is 0 Å². The summed E-state index contributed by atoms with van der Waals surface area (Å²) in [7, 11) is 0. The molecule has 22 heavy (non-hydrogen) atoms. The maximum absolute atomic E-state index is 13.4. The highest BCUT2D eigenvalue weighted by atomic mass is 32.1. The summed E-state index contributed by atoms with van der Waals surface area (Å²) in [4.78, 5) is 23.1. The summed E-state index contributed by atoms with van der Waals surface area (Å²) in [5.41, 5.74) is 1.41. The number of thiophene rings is 1. The van der Waals surface area contributed by atoms with Crippen molar-refractivity contribution in [2.24, 2.45) is 0 Å². The van der Waals surface area contributed by atoms with Crippen molar-refractivity contribution >= 4 is 23.2 Å². The molecule has 0 unspecified atom stereocenters. The van der Waals surface area contributed by atoms with E-state index in [2.05, 4.69) is 5.32 Å². The Morgan fingerprint density at radius 3 is 2.77 bits per heavy atom. The first-order chi connectivity index (χ1) is 10.6. The molecule has 0 fully saturated rings. The van der Waals surface area contributed by atoms with Gasteiger partial charge in [-0.15, -0.1) is 0 Å². The molecule has 0 atom stereocenters. The molecule has 0 aliphatic heterocycles. The number of hydrogen-bond acceptors (Lipinski definition) is 4. The molecule has 2 aromatic rings. The Balaban J connectivity index is 1.64. The fourth-order valence-corrected chi connectivity index (χ4v) is 2.51. The number of esters is 1. The van der Waals surface area contributed by atoms with Crippen molar-refractivity contribution in [2.75, 3.05) is 13.2 Å². The average Bonchev–Trinajstić information content (AvgIpc) is 3.00. The molecule has 1 aromatic heterocycles. The van der Waals surface area contributed by atoms with Gasteiger partial charge in [0.05, 0.1) is 6.42 Å². The van der Waals surface area contributed by atoms with Crippen molar-refractivity contribution < 1.29 is 18.7 Å². The van der Waals surface area contributed by atoms with Gasteiger partial charge in [-0.1, -0.05) is 18.2 Å². The highest BCUT2D eigenvalue weighted by molar-refractivity contribution is 7.07. The van der Waals surface area contributed by atoms with Crippen LogP contribution in [0.5, 0.6) is 0 Å². The molecule has 1 N–H and O–H groups in total. The average molecular weight is 321 g/mol. The molecule has 0 saturated heterocycles. The first-order valence-electron chi connectivity index (χ1n) is 6.82. The van der Waals surface area contributed by atoms with E-state index in [9.17, 15) is 14.0 Å². The maximum atomic E-state index is 13.4. The van der Waals surface area contributed by atoms with Crippen LogP contribution in [0, 0.1) is 5.82 Å². The second-order valence-corrected chi connectivity index (χ2v) is 5.44. The number of carbonyl (C=O) groups is 2. The van der Waals surface area contributed by atoms with Crippen LogP contribution in [0.1, 0.15) is 11.1 Å². The number of ether oxygens (including phenoxy) is 1. The lowest BCUT2D eigenvalue weighted by Crippen LogP contribution is -2.30. The summed E-state index contributed by atoms with van der Waals surface area (Å²) in [6, 6.07) is 8.24. The summed E-state index contributed by atoms with van der Waals surface area (Å²) in [6.07, 6.45) is 0.549. The first-order valence-corrected chi connectivity index (χ1v) is 7.76. The molecule has 0 aliphatic carbocycles. The molecule has 0 saturated carbocycles. The van der Waals surface area contributed by atoms with E-state index in [-0.39, 0.29) is 18.8 Å². The third-order valence-electron chi connectivity index (χ3n) is 2.97. The van der Waals surface area contributed by atoms with Crippen LogP contribution in [0.3, 0.4) is 0 Å². The smallest absolute Gasteiger partial charge is 0.310 e. The van der Waals surface area contributed by atoms with E-state index in [0.29, 0.717) is 18.5 Å². The van der Waals surface area contributed by atoms with E-state index in [1.807, 2.05) is 16.8 Å². The van der Waals surface area contributed by atoms with E-state index in [1.165, 1.54) is 17.4 Å². The molecule has 1 heterocycles. The van der Waals surface area contributed by atoms with Gasteiger partial charge in [0.25, 0.3) is 5.91 Å². The fourth-order valence-electron chi connectivity index (χ4n) is 1.85. The number of hydrogen-bond donors (Lipinski definition) is 1. The Labute approximate surface area is 131 Å². The number of rotatable bonds is 7. The van der Waals surface area contributed by atoms with Crippen molar-refractivity contribution in [3.05, 3.63) is 58.0 Å². The number of halogens is 1. The topological polar surface area (TPSA) is 55.4 Å². The Morgan fingerprint density at radius 2 is 2.05 bits per heavy atom. The lowest BCUT2D eigenvalue weighted by Gasteiger charge is -2.07. The van der Waals surface area contributed by atoms with E-state index in [4.69, 9.17) is 4.74 Å². The van der Waals surface area contributed by atoms with Crippen molar-refractivity contribution in [3.63, 3.8) is 0 Å². The molecule has 1 aromatic carbocycles. The van der Waals surface area contributed by atoms with Crippen molar-refractivity contribution in [3.8, 4) is 0 Å². The standard InChI is InChI=1S/C16H16FNO3S/c17-14-4-2-1-3-13(14)5-7-18-15(19)10-21-16(20)9-12-6-8-22-11-12/h1-4,6,8,11H,5,7,9-10H2,(H,18,19). The van der Waals surface area contributed by atoms with Crippen LogP contribution in [-0.4, -0.2) is 25.0 Å². The minimum Gasteiger partial charge on any atom is -0.455 e. The van der Waals surface area contributed by atoms with Crippen molar-refractivity contribution in [1.29, 1.82) is 0 Å². The molecule has 1 amide bonds. The molecule has 0 bridgehead atoms. The minimum absolute atomic E-state index is 0.159. The zero-order valence-corrected chi connectivity index (χ0v) is 12.7. The molecule has 6 heteroatoms. The van der Waals surface area contributed by atoms with E-state index in [0.717, 1.165) is 5.56 Å². The predicted molar refractivity (Wildman–Crippen MR) is 82.1 cm³/mol. The van der Waals surface area contributed by atoms with Crippen molar-refractivity contribution in [1.82, 2.24) is 5.32 Å². The Bertz CT molecular complexity index is 628. The molecule has 0 radical (unpaired) electrons. The van der Waals surface area contributed by atoms with Crippen LogP contribution < -0.4 is 5.32 Å². The second kappa shape index (κ2) is 8.29. The summed E-state index contributed by atoms with van der Waals surface area (Å²) in [5, 5.41) is 6.32. The number of nitrogens with one attached hydrogen (secondary N) is 1. The normalized spacial score (nSPS) is 10.2. The van der Waals surface area contributed by atoms with Crippen LogP contribution in [-0.2, 0) is 27.2 Å². The summed E-state index contributed by atoms with van der Waals surface area (Å²) < 4.78 is 18.3. The largest absolute Gasteiger partial charge is 0.455 e. The third-order valence-corrected chi connectivity index (χ3v) is 3.70. The monoisotopic (exact) mass is 321 g/mol. The van der Waals surface area contributed by atoms with Crippen LogP contribution >= 0.6 is 11.3 Å². The third kappa shape index (κ3) is 5.29. The van der Waals surface area contributed by atoms with Crippen LogP contribution in [0.2, 0.25) is 0 Å². The fraction of sp³-hybridized carbons (Fsp3) is 0.250. The lowest BCUT2D eigenvalue weighted by atomic mass is 10.1. The molecule has 0 spiro atoms. The van der Waals surface area contributed by atoms with E-state index in [1.54, 1.807) is 18.2 Å². The van der Waals surface area contributed by atoms with Crippen LogP contribution in [0.15, 0.2) is 41.1 Å². The summed E-state index contributed by atoms with van der Waals surface area (Å²) in [5.74, 6) is -1.13. The van der Waals surface area contributed by atoms with Gasteiger partial charge in [-0.25, -0.2) is 4.39 Å². The van der Waals surface area contributed by atoms with E-state index < -0.39 is 11.9 Å². The molecular formula is C16H16FNO3S.